The third-order valence-corrected chi connectivity index (χ3v) is 6.62. The molecule has 2 unspecified atom stereocenters. The molecule has 11 heteroatoms. The van der Waals surface area contributed by atoms with Gasteiger partial charge in [-0.25, -0.2) is 9.48 Å². The van der Waals surface area contributed by atoms with E-state index in [0.29, 0.717) is 32.0 Å². The Hall–Kier alpha value is -3.44. The number of carboxylic acid groups (broad SMARTS) is 1. The first-order valence-electron chi connectivity index (χ1n) is 11.3. The van der Waals surface area contributed by atoms with Crippen LogP contribution in [0.1, 0.15) is 23.5 Å². The van der Waals surface area contributed by atoms with Crippen LogP contribution in [0.25, 0.3) is 16.7 Å². The van der Waals surface area contributed by atoms with Crippen LogP contribution >= 0.6 is 0 Å². The third kappa shape index (κ3) is 4.12. The van der Waals surface area contributed by atoms with Gasteiger partial charge in [-0.2, -0.15) is 15.1 Å². The largest absolute Gasteiger partial charge is 0.467 e. The second kappa shape index (κ2) is 9.07. The Kier molecular flexibility index (Phi) is 5.96. The molecule has 0 radical (unpaired) electrons. The lowest BCUT2D eigenvalue weighted by Gasteiger charge is -2.35. The molecule has 0 aliphatic carbocycles. The van der Waals surface area contributed by atoms with Gasteiger partial charge in [-0.05, 0) is 36.6 Å². The smallest absolute Gasteiger partial charge is 0.407 e. The average molecular weight is 469 g/mol. The van der Waals surface area contributed by atoms with Crippen LogP contribution in [-0.2, 0) is 4.74 Å². The van der Waals surface area contributed by atoms with Gasteiger partial charge in [0, 0.05) is 37.0 Å². The van der Waals surface area contributed by atoms with E-state index in [1.165, 1.54) is 12.0 Å². The summed E-state index contributed by atoms with van der Waals surface area (Å²) in [5.74, 6) is 1.17. The van der Waals surface area contributed by atoms with E-state index in [2.05, 4.69) is 20.0 Å². The maximum atomic E-state index is 11.3. The first-order valence-corrected chi connectivity index (χ1v) is 11.3. The van der Waals surface area contributed by atoms with Crippen LogP contribution in [0.5, 0.6) is 6.01 Å². The molecule has 5 rings (SSSR count). The van der Waals surface area contributed by atoms with E-state index in [-0.39, 0.29) is 18.5 Å². The summed E-state index contributed by atoms with van der Waals surface area (Å²) < 4.78 is 12.6. The number of amides is 1. The summed E-state index contributed by atoms with van der Waals surface area (Å²) in [7, 11) is 1.54. The molecule has 0 bridgehead atoms. The van der Waals surface area contributed by atoms with E-state index >= 15 is 0 Å². The predicted octanol–water partition coefficient (Wildman–Crippen LogP) is 1.80. The average Bonchev–Trinajstić information content (AvgIpc) is 3.26. The zero-order valence-electron chi connectivity index (χ0n) is 19.2. The van der Waals surface area contributed by atoms with E-state index in [0.717, 1.165) is 40.9 Å². The molecule has 180 valence electrons. The fourth-order valence-corrected chi connectivity index (χ4v) is 4.81. The second-order valence-electron chi connectivity index (χ2n) is 8.69. The Bertz CT molecular complexity index is 1210. The zero-order valence-corrected chi connectivity index (χ0v) is 19.2. The Morgan fingerprint density at radius 2 is 1.91 bits per heavy atom. The SMILES string of the molecule is COc1nc(N2CCOCC2)cc(-n2ncc3cc(C)c(C4CCN(C(=O)O)CC4O)cc32)n1. The fourth-order valence-electron chi connectivity index (χ4n) is 4.81. The maximum absolute atomic E-state index is 11.3. The molecule has 11 nitrogen and oxygen atoms in total. The fraction of sp³-hybridized carbons (Fsp3) is 0.478. The van der Waals surface area contributed by atoms with Crippen molar-refractivity contribution in [1.29, 1.82) is 0 Å². The summed E-state index contributed by atoms with van der Waals surface area (Å²) in [5, 5.41) is 25.6. The van der Waals surface area contributed by atoms with Gasteiger partial charge in [0.2, 0.25) is 0 Å². The van der Waals surface area contributed by atoms with Gasteiger partial charge >= 0.3 is 12.1 Å². The number of carbonyl (C=O) groups is 1. The number of aryl methyl sites for hydroxylation is 1. The van der Waals surface area contributed by atoms with Gasteiger partial charge < -0.3 is 29.5 Å². The Labute approximate surface area is 196 Å². The molecule has 3 aromatic rings. The summed E-state index contributed by atoms with van der Waals surface area (Å²) >= 11 is 0. The van der Waals surface area contributed by atoms with Crippen molar-refractivity contribution >= 4 is 22.8 Å². The number of likely N-dealkylation sites (tertiary alicyclic amines) is 1. The summed E-state index contributed by atoms with van der Waals surface area (Å²) in [6, 6.07) is 6.22. The highest BCUT2D eigenvalue weighted by Gasteiger charge is 2.32. The molecule has 2 saturated heterocycles. The number of piperidine rings is 1. The molecule has 0 saturated carbocycles. The molecular formula is C23H28N6O5. The highest BCUT2D eigenvalue weighted by molar-refractivity contribution is 5.82. The Morgan fingerprint density at radius 1 is 1.15 bits per heavy atom. The van der Waals surface area contributed by atoms with Gasteiger partial charge in [0.05, 0.1) is 44.7 Å². The van der Waals surface area contributed by atoms with Crippen molar-refractivity contribution in [3.8, 4) is 11.8 Å². The van der Waals surface area contributed by atoms with Gasteiger partial charge in [-0.1, -0.05) is 0 Å². The number of ether oxygens (including phenoxy) is 2. The van der Waals surface area contributed by atoms with Crippen LogP contribution in [0.3, 0.4) is 0 Å². The Morgan fingerprint density at radius 3 is 2.62 bits per heavy atom. The molecule has 34 heavy (non-hydrogen) atoms. The molecule has 2 aromatic heterocycles. The van der Waals surface area contributed by atoms with Gasteiger partial charge in [0.25, 0.3) is 0 Å². The molecule has 2 aliphatic heterocycles. The van der Waals surface area contributed by atoms with E-state index in [1.54, 1.807) is 10.9 Å². The van der Waals surface area contributed by atoms with Gasteiger partial charge in [-0.15, -0.1) is 0 Å². The molecular weight excluding hydrogens is 440 g/mol. The molecule has 1 aromatic carbocycles. The number of β-amino-alcohol motifs (C(OH)–C–C–N with tert-alkyl or cyclic N) is 1. The van der Waals surface area contributed by atoms with Gasteiger partial charge in [0.15, 0.2) is 5.82 Å². The zero-order chi connectivity index (χ0) is 23.8. The highest BCUT2D eigenvalue weighted by atomic mass is 16.5. The number of nitrogens with zero attached hydrogens (tertiary/aromatic N) is 6. The molecule has 2 atom stereocenters. The Balaban J connectivity index is 1.54. The monoisotopic (exact) mass is 468 g/mol. The number of hydrogen-bond donors (Lipinski definition) is 2. The normalized spacial score (nSPS) is 21.1. The minimum atomic E-state index is -1.00. The number of methoxy groups -OCH3 is 1. The standard InChI is InChI=1S/C23H28N6O5/c1-14-9-15-12-24-29(18(15)10-17(14)16-3-4-28(23(31)32)13-19(16)30)21-11-20(25-22(26-21)33-2)27-5-7-34-8-6-27/h9-12,16,19,30H,3-8,13H2,1-2H3,(H,31,32). The summed E-state index contributed by atoms with van der Waals surface area (Å²) in [6.07, 6.45) is 0.565. The van der Waals surface area contributed by atoms with Crippen molar-refractivity contribution in [3.63, 3.8) is 0 Å². The summed E-state index contributed by atoms with van der Waals surface area (Å²) in [6.45, 7) is 5.23. The van der Waals surface area contributed by atoms with Crippen molar-refractivity contribution in [3.05, 3.63) is 35.5 Å². The number of anilines is 1. The number of aliphatic hydroxyl groups is 1. The quantitative estimate of drug-likeness (QED) is 0.589. The van der Waals surface area contributed by atoms with Crippen molar-refractivity contribution < 1.29 is 24.5 Å². The van der Waals surface area contributed by atoms with Crippen LogP contribution in [0, 0.1) is 6.92 Å². The second-order valence-corrected chi connectivity index (χ2v) is 8.69. The highest BCUT2D eigenvalue weighted by Crippen LogP contribution is 2.34. The number of rotatable bonds is 4. The van der Waals surface area contributed by atoms with Crippen molar-refractivity contribution in [2.45, 2.75) is 25.4 Å². The van der Waals surface area contributed by atoms with Crippen molar-refractivity contribution in [1.82, 2.24) is 24.6 Å². The van der Waals surface area contributed by atoms with Crippen molar-refractivity contribution in [2.75, 3.05) is 51.4 Å². The molecule has 2 fully saturated rings. The molecule has 2 aliphatic rings. The number of benzene rings is 1. The first-order chi connectivity index (χ1) is 16.4. The van der Waals surface area contributed by atoms with Crippen molar-refractivity contribution in [2.24, 2.45) is 0 Å². The number of fused-ring (bicyclic) bond motifs is 1. The number of aromatic nitrogens is 4. The lowest BCUT2D eigenvalue weighted by molar-refractivity contribution is 0.0503. The van der Waals surface area contributed by atoms with Gasteiger partial charge in [0.1, 0.15) is 5.82 Å². The molecule has 0 spiro atoms. The van der Waals surface area contributed by atoms with Crippen LogP contribution in [-0.4, -0.2) is 93.6 Å². The van der Waals surface area contributed by atoms with E-state index in [4.69, 9.17) is 9.47 Å². The minimum Gasteiger partial charge on any atom is -0.467 e. The predicted molar refractivity (Wildman–Crippen MR) is 124 cm³/mol. The molecule has 1 amide bonds. The topological polar surface area (TPSA) is 126 Å². The van der Waals surface area contributed by atoms with Gasteiger partial charge in [-0.3, -0.25) is 0 Å². The van der Waals surface area contributed by atoms with Crippen LogP contribution < -0.4 is 9.64 Å². The minimum absolute atomic E-state index is 0.1000. The first kappa shape index (κ1) is 22.4. The van der Waals surface area contributed by atoms with Crippen LogP contribution in [0.15, 0.2) is 24.4 Å². The molecule has 2 N–H and O–H groups in total. The molecule has 4 heterocycles. The summed E-state index contributed by atoms with van der Waals surface area (Å²) in [4.78, 5) is 23.8. The lowest BCUT2D eigenvalue weighted by atomic mass is 9.84. The van der Waals surface area contributed by atoms with Crippen LogP contribution in [0.4, 0.5) is 10.6 Å². The van der Waals surface area contributed by atoms with E-state index in [9.17, 15) is 15.0 Å². The van der Waals surface area contributed by atoms with Crippen LogP contribution in [0.2, 0.25) is 0 Å². The third-order valence-electron chi connectivity index (χ3n) is 6.62. The number of aliphatic hydroxyl groups excluding tert-OH is 1. The maximum Gasteiger partial charge on any atom is 0.407 e. The van der Waals surface area contributed by atoms with E-state index < -0.39 is 12.2 Å². The number of morpholine rings is 1. The number of hydrogen-bond acceptors (Lipinski definition) is 8. The summed E-state index contributed by atoms with van der Waals surface area (Å²) in [5.41, 5.74) is 2.87. The van der Waals surface area contributed by atoms with E-state index in [1.807, 2.05) is 25.1 Å². The lowest BCUT2D eigenvalue weighted by Crippen LogP contribution is -2.45.